The predicted molar refractivity (Wildman–Crippen MR) is 93.8 cm³/mol. The van der Waals surface area contributed by atoms with E-state index in [1.807, 2.05) is 13.8 Å². The van der Waals surface area contributed by atoms with Gasteiger partial charge in [0.25, 0.3) is 0 Å². The van der Waals surface area contributed by atoms with Crippen LogP contribution >= 0.6 is 25.3 Å². The van der Waals surface area contributed by atoms with Gasteiger partial charge in [0.05, 0.1) is 18.5 Å². The Hall–Kier alpha value is -1.15. The largest absolute Gasteiger partial charge is 0.464 e. The van der Waals surface area contributed by atoms with Crippen molar-refractivity contribution in [2.45, 2.75) is 50.3 Å². The van der Waals surface area contributed by atoms with Crippen molar-refractivity contribution in [3.63, 3.8) is 0 Å². The molecule has 0 aliphatic carbocycles. The fraction of sp³-hybridized carbons (Fsp3) is 0.667. The maximum atomic E-state index is 12.7. The van der Waals surface area contributed by atoms with Crippen LogP contribution in [0.25, 0.3) is 0 Å². The van der Waals surface area contributed by atoms with E-state index >= 15 is 0 Å². The van der Waals surface area contributed by atoms with Crippen LogP contribution in [0.5, 0.6) is 0 Å². The molecule has 6 nitrogen and oxygen atoms in total. The van der Waals surface area contributed by atoms with E-state index in [-0.39, 0.29) is 18.9 Å². The molecule has 8 heteroatoms. The van der Waals surface area contributed by atoms with Crippen LogP contribution in [-0.2, 0) is 19.1 Å². The van der Waals surface area contributed by atoms with E-state index in [0.717, 1.165) is 11.1 Å². The topological polar surface area (TPSA) is 68.2 Å². The summed E-state index contributed by atoms with van der Waals surface area (Å²) in [5, 5.41) is 4.72. The van der Waals surface area contributed by atoms with E-state index in [1.54, 1.807) is 18.9 Å². The lowest BCUT2D eigenvalue weighted by Gasteiger charge is -2.45. The summed E-state index contributed by atoms with van der Waals surface area (Å²) in [4.78, 5) is 24.9. The van der Waals surface area contributed by atoms with Crippen LogP contribution in [0, 0.1) is 0 Å². The number of carbonyl (C=O) groups is 2. The van der Waals surface area contributed by atoms with Crippen molar-refractivity contribution in [3.8, 4) is 0 Å². The Morgan fingerprint density at radius 3 is 2.43 bits per heavy atom. The summed E-state index contributed by atoms with van der Waals surface area (Å²) in [5.41, 5.74) is 0.970. The van der Waals surface area contributed by atoms with E-state index in [0.29, 0.717) is 6.42 Å². The minimum absolute atomic E-state index is 0.116. The first-order valence-electron chi connectivity index (χ1n) is 7.55. The van der Waals surface area contributed by atoms with Crippen LogP contribution in [0.3, 0.4) is 0 Å². The SMILES string of the molecule is CCOC(=O)C1=NN2C(S)C(C)=C(C)CC2(C(=O)OCC)C1S. The number of carbonyl (C=O) groups excluding carboxylic acids is 2. The fourth-order valence-corrected chi connectivity index (χ4v) is 3.85. The molecule has 2 heterocycles. The quantitative estimate of drug-likeness (QED) is 0.456. The van der Waals surface area contributed by atoms with Gasteiger partial charge < -0.3 is 9.47 Å². The smallest absolute Gasteiger partial charge is 0.355 e. The third-order valence-corrected chi connectivity index (χ3v) is 5.55. The molecular formula is C15H22N2O4S2. The number of hydrogen-bond donors (Lipinski definition) is 2. The summed E-state index contributed by atoms with van der Waals surface area (Å²) >= 11 is 9.12. The fourth-order valence-electron chi connectivity index (χ4n) is 2.90. The van der Waals surface area contributed by atoms with Gasteiger partial charge in [0.15, 0.2) is 11.3 Å². The molecule has 0 saturated heterocycles. The third kappa shape index (κ3) is 2.76. The molecule has 0 aromatic carbocycles. The summed E-state index contributed by atoms with van der Waals surface area (Å²) < 4.78 is 10.3. The zero-order valence-electron chi connectivity index (χ0n) is 13.7. The molecule has 0 fully saturated rings. The van der Waals surface area contributed by atoms with Gasteiger partial charge in [-0.1, -0.05) is 5.57 Å². The van der Waals surface area contributed by atoms with E-state index in [1.165, 1.54) is 0 Å². The lowest BCUT2D eigenvalue weighted by Crippen LogP contribution is -2.61. The monoisotopic (exact) mass is 358 g/mol. The van der Waals surface area contributed by atoms with Crippen LogP contribution in [0.15, 0.2) is 16.2 Å². The molecule has 0 saturated carbocycles. The van der Waals surface area contributed by atoms with Gasteiger partial charge in [0.2, 0.25) is 0 Å². The van der Waals surface area contributed by atoms with Gasteiger partial charge in [0.1, 0.15) is 5.37 Å². The van der Waals surface area contributed by atoms with Crippen molar-refractivity contribution >= 4 is 42.9 Å². The van der Waals surface area contributed by atoms with Gasteiger partial charge in [0, 0.05) is 6.42 Å². The number of nitrogens with zero attached hydrogens (tertiary/aromatic N) is 2. The molecule has 2 aliphatic rings. The summed E-state index contributed by atoms with van der Waals surface area (Å²) in [5.74, 6) is -1.02. The average Bonchev–Trinajstić information content (AvgIpc) is 2.80. The van der Waals surface area contributed by atoms with Crippen molar-refractivity contribution in [2.24, 2.45) is 5.10 Å². The first-order valence-corrected chi connectivity index (χ1v) is 8.59. The Labute approximate surface area is 147 Å². The first-order chi connectivity index (χ1) is 10.8. The number of thiol groups is 2. The van der Waals surface area contributed by atoms with Crippen molar-refractivity contribution in [1.82, 2.24) is 5.01 Å². The molecule has 3 atom stereocenters. The molecule has 128 valence electrons. The minimum atomic E-state index is -1.17. The van der Waals surface area contributed by atoms with E-state index < -0.39 is 28.1 Å². The van der Waals surface area contributed by atoms with Gasteiger partial charge >= 0.3 is 11.9 Å². The van der Waals surface area contributed by atoms with Crippen LogP contribution < -0.4 is 0 Å². The third-order valence-electron chi connectivity index (χ3n) is 4.28. The number of ether oxygens (including phenoxy) is 2. The number of hydrazone groups is 1. The normalized spacial score (nSPS) is 30.0. The van der Waals surface area contributed by atoms with Crippen molar-refractivity contribution < 1.29 is 19.1 Å². The predicted octanol–water partition coefficient (Wildman–Crippen LogP) is 1.82. The van der Waals surface area contributed by atoms with Crippen LogP contribution in [0.4, 0.5) is 0 Å². The number of rotatable bonds is 4. The maximum Gasteiger partial charge on any atom is 0.355 e. The summed E-state index contributed by atoms with van der Waals surface area (Å²) in [6.07, 6.45) is 0.384. The van der Waals surface area contributed by atoms with Gasteiger partial charge in [-0.2, -0.15) is 17.7 Å². The van der Waals surface area contributed by atoms with Crippen LogP contribution in [-0.4, -0.2) is 52.0 Å². The standard InChI is InChI=1S/C15H22N2O4S2/c1-5-20-13(18)10-11(22)15(14(19)21-6-2)7-8(3)9(4)12(23)17(15)16-10/h11-12,22-23H,5-7H2,1-4H3. The molecule has 0 bridgehead atoms. The molecule has 0 radical (unpaired) electrons. The molecular weight excluding hydrogens is 336 g/mol. The van der Waals surface area contributed by atoms with Gasteiger partial charge in [-0.15, -0.1) is 12.6 Å². The zero-order chi connectivity index (χ0) is 17.4. The zero-order valence-corrected chi connectivity index (χ0v) is 15.5. The Balaban J connectivity index is 2.51. The molecule has 0 spiro atoms. The van der Waals surface area contributed by atoms with E-state index in [2.05, 4.69) is 30.4 Å². The second kappa shape index (κ2) is 6.76. The molecule has 0 amide bonds. The summed E-state index contributed by atoms with van der Waals surface area (Å²) in [6.45, 7) is 7.80. The number of fused-ring (bicyclic) bond motifs is 1. The van der Waals surface area contributed by atoms with Crippen LogP contribution in [0.1, 0.15) is 34.1 Å². The van der Waals surface area contributed by atoms with Crippen molar-refractivity contribution in [2.75, 3.05) is 13.2 Å². The maximum absolute atomic E-state index is 12.7. The molecule has 23 heavy (non-hydrogen) atoms. The number of hydrogen-bond acceptors (Lipinski definition) is 8. The van der Waals surface area contributed by atoms with E-state index in [4.69, 9.17) is 9.47 Å². The summed E-state index contributed by atoms with van der Waals surface area (Å²) in [7, 11) is 0. The van der Waals surface area contributed by atoms with Crippen molar-refractivity contribution in [1.29, 1.82) is 0 Å². The highest BCUT2D eigenvalue weighted by molar-refractivity contribution is 7.82. The lowest BCUT2D eigenvalue weighted by atomic mass is 9.81. The Bertz CT molecular complexity index is 590. The lowest BCUT2D eigenvalue weighted by molar-refractivity contribution is -0.157. The molecule has 0 N–H and O–H groups in total. The second-order valence-corrected chi connectivity index (χ2v) is 6.62. The second-order valence-electron chi connectivity index (χ2n) is 5.61. The average molecular weight is 358 g/mol. The molecule has 2 aliphatic heterocycles. The Morgan fingerprint density at radius 1 is 1.26 bits per heavy atom. The highest BCUT2D eigenvalue weighted by Crippen LogP contribution is 2.46. The van der Waals surface area contributed by atoms with Crippen molar-refractivity contribution in [3.05, 3.63) is 11.1 Å². The molecule has 2 rings (SSSR count). The van der Waals surface area contributed by atoms with Gasteiger partial charge in [-0.3, -0.25) is 5.01 Å². The molecule has 3 unspecified atom stereocenters. The van der Waals surface area contributed by atoms with Gasteiger partial charge in [-0.25, -0.2) is 9.59 Å². The molecule has 0 aromatic heterocycles. The highest BCUT2D eigenvalue weighted by Gasteiger charge is 2.61. The molecule has 0 aromatic rings. The van der Waals surface area contributed by atoms with E-state index in [9.17, 15) is 9.59 Å². The minimum Gasteiger partial charge on any atom is -0.464 e. The van der Waals surface area contributed by atoms with Gasteiger partial charge in [-0.05, 0) is 33.3 Å². The summed E-state index contributed by atoms with van der Waals surface area (Å²) in [6, 6.07) is 0. The van der Waals surface area contributed by atoms with Crippen LogP contribution in [0.2, 0.25) is 0 Å². The number of esters is 2. The Morgan fingerprint density at radius 2 is 1.87 bits per heavy atom. The Kier molecular flexibility index (Phi) is 5.35. The highest BCUT2D eigenvalue weighted by atomic mass is 32.1. The first kappa shape index (κ1) is 18.2.